The maximum absolute atomic E-state index is 14.8. The molecule has 1 aromatic carbocycles. The molecule has 2 aromatic rings. The van der Waals surface area contributed by atoms with Crippen LogP contribution in [0, 0.1) is 5.82 Å². The van der Waals surface area contributed by atoms with Crippen molar-refractivity contribution in [2.75, 3.05) is 0 Å². The summed E-state index contributed by atoms with van der Waals surface area (Å²) in [6.45, 7) is 3.75. The van der Waals surface area contributed by atoms with Crippen molar-refractivity contribution in [2.24, 2.45) is 7.05 Å². The zero-order valence-electron chi connectivity index (χ0n) is 13.2. The van der Waals surface area contributed by atoms with Crippen molar-refractivity contribution >= 4 is 22.8 Å². The van der Waals surface area contributed by atoms with Gasteiger partial charge in [0.1, 0.15) is 11.6 Å². The second kappa shape index (κ2) is 5.33. The Labute approximate surface area is 131 Å². The second-order valence-corrected chi connectivity index (χ2v) is 6.17. The number of carbonyl (C=O) groups is 2. The van der Waals surface area contributed by atoms with Gasteiger partial charge in [-0.25, -0.2) is 9.18 Å². The number of imide groups is 1. The van der Waals surface area contributed by atoms with E-state index in [4.69, 9.17) is 0 Å². The van der Waals surface area contributed by atoms with Crippen LogP contribution in [0.5, 0.6) is 0 Å². The first-order valence-corrected chi connectivity index (χ1v) is 7.56. The van der Waals surface area contributed by atoms with Crippen molar-refractivity contribution in [1.82, 2.24) is 14.5 Å². The fourth-order valence-electron chi connectivity index (χ4n) is 3.12. The maximum Gasteiger partial charge on any atom is 0.329 e. The first-order chi connectivity index (χ1) is 10.8. The molecule has 1 aromatic heterocycles. The normalized spacial score (nSPS) is 18.7. The fraction of sp³-hybridized carbons (Fsp3) is 0.438. The Morgan fingerprint density at radius 1 is 1.26 bits per heavy atom. The Hall–Kier alpha value is -2.44. The van der Waals surface area contributed by atoms with E-state index in [1.54, 1.807) is 12.1 Å². The van der Waals surface area contributed by atoms with Gasteiger partial charge in [-0.2, -0.15) is 0 Å². The van der Waals surface area contributed by atoms with Crippen LogP contribution in [-0.2, 0) is 16.6 Å². The average molecular weight is 319 g/mol. The Balaban J connectivity index is 2.25. The van der Waals surface area contributed by atoms with Gasteiger partial charge in [0.15, 0.2) is 5.82 Å². The SMILES string of the molecule is CC(C)c1ccc2c(c1F)n(C)c(=O)n2C1CCC(=O)NC1=O. The van der Waals surface area contributed by atoms with Crippen LogP contribution < -0.4 is 11.0 Å². The van der Waals surface area contributed by atoms with Gasteiger partial charge in [0.2, 0.25) is 11.8 Å². The minimum Gasteiger partial charge on any atom is -0.295 e. The molecule has 1 fully saturated rings. The van der Waals surface area contributed by atoms with E-state index < -0.39 is 23.5 Å². The predicted octanol–water partition coefficient (Wildman–Crippen LogP) is 1.58. The number of hydrogen-bond donors (Lipinski definition) is 1. The topological polar surface area (TPSA) is 73.1 Å². The molecule has 1 unspecified atom stereocenters. The highest BCUT2D eigenvalue weighted by molar-refractivity contribution is 6.00. The molecule has 1 saturated heterocycles. The average Bonchev–Trinajstić information content (AvgIpc) is 2.72. The lowest BCUT2D eigenvalue weighted by atomic mass is 10.0. The summed E-state index contributed by atoms with van der Waals surface area (Å²) in [7, 11) is 1.49. The number of fused-ring (bicyclic) bond motifs is 1. The van der Waals surface area contributed by atoms with E-state index in [9.17, 15) is 18.8 Å². The summed E-state index contributed by atoms with van der Waals surface area (Å²) in [5.41, 5.74) is 0.614. The summed E-state index contributed by atoms with van der Waals surface area (Å²) >= 11 is 0. The first kappa shape index (κ1) is 15.5. The molecule has 1 N–H and O–H groups in total. The molecule has 7 heteroatoms. The number of halogens is 1. The molecule has 0 aliphatic carbocycles. The van der Waals surface area contributed by atoms with Gasteiger partial charge in [0.05, 0.1) is 5.52 Å². The molecule has 1 atom stereocenters. The van der Waals surface area contributed by atoms with E-state index in [0.717, 1.165) is 0 Å². The highest BCUT2D eigenvalue weighted by Crippen LogP contribution is 2.28. The summed E-state index contributed by atoms with van der Waals surface area (Å²) in [6, 6.07) is 2.51. The number of aromatic nitrogens is 2. The van der Waals surface area contributed by atoms with Gasteiger partial charge < -0.3 is 0 Å². The van der Waals surface area contributed by atoms with Crippen molar-refractivity contribution in [2.45, 2.75) is 38.6 Å². The number of carbonyl (C=O) groups excluding carboxylic acids is 2. The third kappa shape index (κ3) is 2.27. The van der Waals surface area contributed by atoms with Crippen LogP contribution in [0.3, 0.4) is 0 Å². The third-order valence-electron chi connectivity index (χ3n) is 4.36. The molecule has 6 nitrogen and oxygen atoms in total. The molecule has 0 spiro atoms. The van der Waals surface area contributed by atoms with Crippen molar-refractivity contribution in [3.05, 3.63) is 34.0 Å². The standard InChI is InChI=1S/C16H18FN3O3/c1-8(2)9-4-5-10-14(13(9)17)19(3)16(23)20(10)11-6-7-12(21)18-15(11)22/h4-5,8,11H,6-7H2,1-3H3,(H,18,21,22). The molecule has 122 valence electrons. The summed E-state index contributed by atoms with van der Waals surface area (Å²) in [4.78, 5) is 35.9. The molecule has 0 saturated carbocycles. The number of rotatable bonds is 2. The number of piperidine rings is 1. The lowest BCUT2D eigenvalue weighted by Gasteiger charge is -2.22. The van der Waals surface area contributed by atoms with Crippen molar-refractivity contribution in [3.8, 4) is 0 Å². The van der Waals surface area contributed by atoms with Gasteiger partial charge in [-0.15, -0.1) is 0 Å². The zero-order valence-corrected chi connectivity index (χ0v) is 13.2. The molecular formula is C16H18FN3O3. The van der Waals surface area contributed by atoms with E-state index in [2.05, 4.69) is 5.32 Å². The number of nitrogens with zero attached hydrogens (tertiary/aromatic N) is 2. The van der Waals surface area contributed by atoms with Gasteiger partial charge in [0.25, 0.3) is 0 Å². The van der Waals surface area contributed by atoms with Crippen molar-refractivity contribution in [1.29, 1.82) is 0 Å². The van der Waals surface area contributed by atoms with Gasteiger partial charge in [0, 0.05) is 13.5 Å². The van der Waals surface area contributed by atoms with Crippen LogP contribution in [0.1, 0.15) is 44.2 Å². The minimum atomic E-state index is -0.798. The molecule has 2 heterocycles. The van der Waals surface area contributed by atoms with E-state index in [1.165, 1.54) is 16.2 Å². The number of aryl methyl sites for hydroxylation is 1. The molecule has 1 aliphatic heterocycles. The Kier molecular flexibility index (Phi) is 3.58. The van der Waals surface area contributed by atoms with E-state index in [-0.39, 0.29) is 30.2 Å². The highest BCUT2D eigenvalue weighted by atomic mass is 19.1. The molecule has 0 radical (unpaired) electrons. The van der Waals surface area contributed by atoms with Crippen LogP contribution in [0.15, 0.2) is 16.9 Å². The summed E-state index contributed by atoms with van der Waals surface area (Å²) in [5, 5.41) is 2.23. The summed E-state index contributed by atoms with van der Waals surface area (Å²) < 4.78 is 17.3. The largest absolute Gasteiger partial charge is 0.329 e. The first-order valence-electron chi connectivity index (χ1n) is 7.56. The fourth-order valence-corrected chi connectivity index (χ4v) is 3.12. The number of amides is 2. The molecule has 3 rings (SSSR count). The minimum absolute atomic E-state index is 0.0200. The molecule has 2 amide bonds. The summed E-state index contributed by atoms with van der Waals surface area (Å²) in [5.74, 6) is -1.34. The van der Waals surface area contributed by atoms with Crippen LogP contribution in [0.2, 0.25) is 0 Å². The lowest BCUT2D eigenvalue weighted by molar-refractivity contribution is -0.135. The van der Waals surface area contributed by atoms with Crippen molar-refractivity contribution < 1.29 is 14.0 Å². The van der Waals surface area contributed by atoms with Crippen LogP contribution >= 0.6 is 0 Å². The van der Waals surface area contributed by atoms with Gasteiger partial charge in [-0.3, -0.25) is 24.0 Å². The van der Waals surface area contributed by atoms with Crippen molar-refractivity contribution in [3.63, 3.8) is 0 Å². The van der Waals surface area contributed by atoms with Gasteiger partial charge in [-0.1, -0.05) is 19.9 Å². The monoisotopic (exact) mass is 319 g/mol. The Bertz CT molecular complexity index is 879. The number of benzene rings is 1. The number of imidazole rings is 1. The molecule has 0 bridgehead atoms. The number of hydrogen-bond acceptors (Lipinski definition) is 3. The predicted molar refractivity (Wildman–Crippen MR) is 82.6 cm³/mol. The van der Waals surface area contributed by atoms with E-state index >= 15 is 0 Å². The quantitative estimate of drug-likeness (QED) is 0.854. The lowest BCUT2D eigenvalue weighted by Crippen LogP contribution is -2.44. The van der Waals surface area contributed by atoms with Crippen LogP contribution in [0.25, 0.3) is 11.0 Å². The summed E-state index contributed by atoms with van der Waals surface area (Å²) in [6.07, 6.45) is 0.392. The van der Waals surface area contributed by atoms with Gasteiger partial charge in [-0.05, 0) is 24.0 Å². The molecule has 1 aliphatic rings. The molecule has 23 heavy (non-hydrogen) atoms. The van der Waals surface area contributed by atoms with Gasteiger partial charge >= 0.3 is 5.69 Å². The Morgan fingerprint density at radius 2 is 1.96 bits per heavy atom. The molecular weight excluding hydrogens is 301 g/mol. The number of nitrogens with one attached hydrogen (secondary N) is 1. The zero-order chi connectivity index (χ0) is 16.9. The highest BCUT2D eigenvalue weighted by Gasteiger charge is 2.32. The van der Waals surface area contributed by atoms with Crippen LogP contribution in [-0.4, -0.2) is 20.9 Å². The third-order valence-corrected chi connectivity index (χ3v) is 4.36. The Morgan fingerprint density at radius 3 is 2.57 bits per heavy atom. The second-order valence-electron chi connectivity index (χ2n) is 6.17. The maximum atomic E-state index is 14.8. The van der Waals surface area contributed by atoms with Crippen LogP contribution in [0.4, 0.5) is 4.39 Å². The van der Waals surface area contributed by atoms with E-state index in [0.29, 0.717) is 11.1 Å². The van der Waals surface area contributed by atoms with E-state index in [1.807, 2.05) is 13.8 Å². The smallest absolute Gasteiger partial charge is 0.295 e.